The quantitative estimate of drug-likeness (QED) is 0.189. The molecule has 0 spiro atoms. The van der Waals surface area contributed by atoms with E-state index in [2.05, 4.69) is 11.1 Å². The summed E-state index contributed by atoms with van der Waals surface area (Å²) in [4.78, 5) is 17.1. The van der Waals surface area contributed by atoms with Gasteiger partial charge in [0.1, 0.15) is 5.75 Å². The zero-order valence-corrected chi connectivity index (χ0v) is 16.2. The third-order valence-electron chi connectivity index (χ3n) is 5.11. The Hall–Kier alpha value is -4.05. The zero-order chi connectivity index (χ0) is 20.3. The predicted molar refractivity (Wildman–Crippen MR) is 116 cm³/mol. The number of ether oxygens (including phenoxy) is 1. The van der Waals surface area contributed by atoms with Crippen molar-refractivity contribution < 1.29 is 14.1 Å². The normalized spacial score (nSPS) is 10.9. The molecule has 0 unspecified atom stereocenters. The van der Waals surface area contributed by atoms with Crippen molar-refractivity contribution in [3.8, 4) is 5.75 Å². The standard InChI is InChI=1S/C26H19N2O2/c29-26(24-18-28(15-14-27-24)17-19-8-2-1-3-9-19)30-25-16-20-10-4-5-11-21(20)22-12-6-7-13-23(22)25/h1-16,18H,17H2/q+1. The average Bonchev–Trinajstić information content (AvgIpc) is 2.80. The first-order chi connectivity index (χ1) is 14.8. The number of carbonyl (C=O) groups is 1. The summed E-state index contributed by atoms with van der Waals surface area (Å²) in [6.45, 7) is 0.655. The minimum absolute atomic E-state index is 0.269. The lowest BCUT2D eigenvalue weighted by molar-refractivity contribution is -0.689. The van der Waals surface area contributed by atoms with Gasteiger partial charge in [-0.25, -0.2) is 9.78 Å². The molecule has 0 amide bonds. The van der Waals surface area contributed by atoms with E-state index in [-0.39, 0.29) is 5.69 Å². The number of hydrogen-bond acceptors (Lipinski definition) is 3. The summed E-state index contributed by atoms with van der Waals surface area (Å²) >= 11 is 0. The second kappa shape index (κ2) is 7.76. The summed E-state index contributed by atoms with van der Waals surface area (Å²) in [5, 5.41) is 4.11. The minimum atomic E-state index is -0.474. The smallest absolute Gasteiger partial charge is 0.368 e. The van der Waals surface area contributed by atoms with Gasteiger partial charge in [0.2, 0.25) is 11.9 Å². The van der Waals surface area contributed by atoms with Gasteiger partial charge in [-0.1, -0.05) is 78.9 Å². The molecule has 1 heterocycles. The van der Waals surface area contributed by atoms with Gasteiger partial charge in [-0.05, 0) is 22.2 Å². The third kappa shape index (κ3) is 3.51. The number of aromatic nitrogens is 2. The van der Waals surface area contributed by atoms with Crippen molar-refractivity contribution in [1.82, 2.24) is 4.98 Å². The van der Waals surface area contributed by atoms with Crippen LogP contribution in [0.1, 0.15) is 16.1 Å². The number of fused-ring (bicyclic) bond motifs is 3. The van der Waals surface area contributed by atoms with E-state index < -0.39 is 5.97 Å². The molecule has 144 valence electrons. The number of esters is 1. The van der Waals surface area contributed by atoms with Crippen LogP contribution in [0.3, 0.4) is 0 Å². The number of benzene rings is 4. The van der Waals surface area contributed by atoms with Gasteiger partial charge >= 0.3 is 5.97 Å². The maximum absolute atomic E-state index is 12.9. The zero-order valence-electron chi connectivity index (χ0n) is 16.2. The summed E-state index contributed by atoms with van der Waals surface area (Å²) in [7, 11) is 0. The van der Waals surface area contributed by atoms with Crippen molar-refractivity contribution in [2.24, 2.45) is 0 Å². The predicted octanol–water partition coefficient (Wildman–Crippen LogP) is 4.94. The largest absolute Gasteiger partial charge is 0.421 e. The molecule has 0 saturated heterocycles. The van der Waals surface area contributed by atoms with E-state index in [1.54, 1.807) is 12.4 Å². The summed E-state index contributed by atoms with van der Waals surface area (Å²) in [6, 6.07) is 28.0. The van der Waals surface area contributed by atoms with Crippen molar-refractivity contribution in [2.75, 3.05) is 0 Å². The molecule has 0 atom stereocenters. The molecule has 1 aromatic heterocycles. The Bertz CT molecular complexity index is 1360. The van der Waals surface area contributed by atoms with Gasteiger partial charge in [-0.2, -0.15) is 4.57 Å². The van der Waals surface area contributed by atoms with E-state index in [1.807, 2.05) is 89.6 Å². The Morgan fingerprint density at radius 2 is 1.53 bits per heavy atom. The van der Waals surface area contributed by atoms with Crippen LogP contribution in [-0.4, -0.2) is 11.0 Å². The molecule has 5 aromatic rings. The van der Waals surface area contributed by atoms with Crippen LogP contribution in [0.25, 0.3) is 21.5 Å². The van der Waals surface area contributed by atoms with Crippen LogP contribution in [0.15, 0.2) is 104 Å². The van der Waals surface area contributed by atoms with Gasteiger partial charge in [0.05, 0.1) is 6.20 Å². The molecule has 4 nitrogen and oxygen atoms in total. The second-order valence-electron chi connectivity index (χ2n) is 7.13. The lowest BCUT2D eigenvalue weighted by Gasteiger charge is -2.10. The van der Waals surface area contributed by atoms with Gasteiger partial charge in [0, 0.05) is 10.9 Å². The highest BCUT2D eigenvalue weighted by Gasteiger charge is 2.17. The van der Waals surface area contributed by atoms with E-state index in [0.29, 0.717) is 12.3 Å². The lowest BCUT2D eigenvalue weighted by atomic mass is 10.0. The van der Waals surface area contributed by atoms with Crippen molar-refractivity contribution in [3.63, 3.8) is 0 Å². The van der Waals surface area contributed by atoms with Crippen LogP contribution in [-0.2, 0) is 6.54 Å². The van der Waals surface area contributed by atoms with E-state index in [9.17, 15) is 4.79 Å². The van der Waals surface area contributed by atoms with E-state index in [0.717, 1.165) is 27.1 Å². The van der Waals surface area contributed by atoms with Crippen LogP contribution >= 0.6 is 0 Å². The fourth-order valence-electron chi connectivity index (χ4n) is 3.69. The first-order valence-electron chi connectivity index (χ1n) is 9.80. The second-order valence-corrected chi connectivity index (χ2v) is 7.13. The molecule has 5 rings (SSSR count). The Morgan fingerprint density at radius 1 is 0.833 bits per heavy atom. The van der Waals surface area contributed by atoms with E-state index >= 15 is 0 Å². The van der Waals surface area contributed by atoms with Crippen molar-refractivity contribution >= 4 is 27.5 Å². The molecule has 0 aliphatic carbocycles. The van der Waals surface area contributed by atoms with Crippen molar-refractivity contribution in [3.05, 3.63) is 115 Å². The fraction of sp³-hybridized carbons (Fsp3) is 0.0385. The number of rotatable bonds is 4. The Balaban J connectivity index is 1.48. The van der Waals surface area contributed by atoms with Crippen LogP contribution < -0.4 is 9.30 Å². The molecule has 0 radical (unpaired) electrons. The van der Waals surface area contributed by atoms with E-state index in [4.69, 9.17) is 4.74 Å². The topological polar surface area (TPSA) is 43.1 Å². The molecule has 0 bridgehead atoms. The number of hydrogen-bond donors (Lipinski definition) is 0. The molecular formula is C26H19N2O2+. The van der Waals surface area contributed by atoms with Gasteiger partial charge in [0.25, 0.3) is 0 Å². The van der Waals surface area contributed by atoms with E-state index in [1.165, 1.54) is 0 Å². The van der Waals surface area contributed by atoms with Gasteiger partial charge in [0.15, 0.2) is 12.7 Å². The molecular weight excluding hydrogens is 372 g/mol. The molecule has 0 aliphatic heterocycles. The van der Waals surface area contributed by atoms with Crippen molar-refractivity contribution in [1.29, 1.82) is 0 Å². The molecule has 0 fully saturated rings. The fourth-order valence-corrected chi connectivity index (χ4v) is 3.69. The van der Waals surface area contributed by atoms with Crippen LogP contribution in [0, 0.1) is 0 Å². The van der Waals surface area contributed by atoms with Crippen LogP contribution in [0.2, 0.25) is 0 Å². The summed E-state index contributed by atoms with van der Waals surface area (Å²) < 4.78 is 7.74. The third-order valence-corrected chi connectivity index (χ3v) is 5.11. The van der Waals surface area contributed by atoms with Gasteiger partial charge < -0.3 is 4.74 Å². The minimum Gasteiger partial charge on any atom is -0.421 e. The molecule has 4 aromatic carbocycles. The molecule has 0 N–H and O–H groups in total. The first-order valence-corrected chi connectivity index (χ1v) is 9.80. The SMILES string of the molecule is O=C(Oc1cc2ccccc2c2ccccc12)c1c[n+](Cc2ccccc2)ccn1. The Labute approximate surface area is 174 Å². The monoisotopic (exact) mass is 391 g/mol. The Morgan fingerprint density at radius 3 is 2.37 bits per heavy atom. The lowest BCUT2D eigenvalue weighted by Crippen LogP contribution is -2.35. The first kappa shape index (κ1) is 18.0. The highest BCUT2D eigenvalue weighted by Crippen LogP contribution is 2.33. The number of nitrogens with zero attached hydrogens (tertiary/aromatic N) is 2. The number of carbonyl (C=O) groups excluding carboxylic acids is 1. The highest BCUT2D eigenvalue weighted by molar-refractivity contribution is 6.11. The average molecular weight is 391 g/mol. The van der Waals surface area contributed by atoms with Crippen molar-refractivity contribution in [2.45, 2.75) is 6.54 Å². The maximum Gasteiger partial charge on any atom is 0.368 e. The summed E-state index contributed by atoms with van der Waals surface area (Å²) in [5.74, 6) is 0.0624. The molecule has 4 heteroatoms. The molecule has 0 aliphatic rings. The summed E-state index contributed by atoms with van der Waals surface area (Å²) in [5.41, 5.74) is 1.42. The van der Waals surface area contributed by atoms with Crippen LogP contribution in [0.4, 0.5) is 0 Å². The van der Waals surface area contributed by atoms with Gasteiger partial charge in [-0.3, -0.25) is 0 Å². The molecule has 0 saturated carbocycles. The maximum atomic E-state index is 12.9. The van der Waals surface area contributed by atoms with Crippen LogP contribution in [0.5, 0.6) is 5.75 Å². The van der Waals surface area contributed by atoms with Gasteiger partial charge in [-0.15, -0.1) is 0 Å². The Kier molecular flexibility index (Phi) is 4.66. The highest BCUT2D eigenvalue weighted by atomic mass is 16.5. The molecule has 30 heavy (non-hydrogen) atoms. The summed E-state index contributed by atoms with van der Waals surface area (Å²) in [6.07, 6.45) is 5.19.